The van der Waals surface area contributed by atoms with Crippen LogP contribution in [0.4, 0.5) is 11.5 Å². The maximum absolute atomic E-state index is 12.2. The largest absolute Gasteiger partial charge is 0.399 e. The van der Waals surface area contributed by atoms with Crippen molar-refractivity contribution in [2.24, 2.45) is 0 Å². The molecule has 1 amide bonds. The van der Waals surface area contributed by atoms with Crippen molar-refractivity contribution < 1.29 is 4.79 Å². The van der Waals surface area contributed by atoms with E-state index in [0.717, 1.165) is 36.6 Å². The SMILES string of the molecule is Nc1ccccc1CCC(=O)NC1CCN(c2ncccc2Cl)C1. The maximum atomic E-state index is 12.2. The van der Waals surface area contributed by atoms with Gasteiger partial charge >= 0.3 is 0 Å². The molecule has 1 unspecified atom stereocenters. The number of aromatic nitrogens is 1. The number of halogens is 1. The van der Waals surface area contributed by atoms with Gasteiger partial charge in [-0.15, -0.1) is 0 Å². The van der Waals surface area contributed by atoms with Crippen LogP contribution in [-0.2, 0) is 11.2 Å². The highest BCUT2D eigenvalue weighted by Crippen LogP contribution is 2.25. The van der Waals surface area contributed by atoms with E-state index in [2.05, 4.69) is 15.2 Å². The van der Waals surface area contributed by atoms with Crippen LogP contribution in [-0.4, -0.2) is 30.0 Å². The first kappa shape index (κ1) is 16.6. The van der Waals surface area contributed by atoms with Crippen molar-refractivity contribution in [3.05, 3.63) is 53.2 Å². The zero-order valence-electron chi connectivity index (χ0n) is 13.4. The van der Waals surface area contributed by atoms with Crippen molar-refractivity contribution in [2.45, 2.75) is 25.3 Å². The van der Waals surface area contributed by atoms with Gasteiger partial charge in [0.15, 0.2) is 0 Å². The van der Waals surface area contributed by atoms with Gasteiger partial charge in [-0.2, -0.15) is 0 Å². The molecule has 1 aromatic heterocycles. The summed E-state index contributed by atoms with van der Waals surface area (Å²) in [5.74, 6) is 0.838. The number of anilines is 2. The number of carbonyl (C=O) groups is 1. The lowest BCUT2D eigenvalue weighted by molar-refractivity contribution is -0.121. The summed E-state index contributed by atoms with van der Waals surface area (Å²) in [5.41, 5.74) is 7.66. The summed E-state index contributed by atoms with van der Waals surface area (Å²) in [6.45, 7) is 1.57. The van der Waals surface area contributed by atoms with Gasteiger partial charge in [-0.1, -0.05) is 29.8 Å². The smallest absolute Gasteiger partial charge is 0.220 e. The molecular weight excluding hydrogens is 324 g/mol. The van der Waals surface area contributed by atoms with Crippen LogP contribution in [0.25, 0.3) is 0 Å². The number of aryl methyl sites for hydroxylation is 1. The van der Waals surface area contributed by atoms with Gasteiger partial charge in [-0.25, -0.2) is 4.98 Å². The molecule has 1 atom stereocenters. The normalized spacial score (nSPS) is 17.0. The third-order valence-electron chi connectivity index (χ3n) is 4.27. The number of amides is 1. The van der Waals surface area contributed by atoms with E-state index in [0.29, 0.717) is 17.9 Å². The van der Waals surface area contributed by atoms with Crippen LogP contribution in [0, 0.1) is 0 Å². The minimum atomic E-state index is 0.0530. The molecule has 6 heteroatoms. The number of hydrogen-bond acceptors (Lipinski definition) is 4. The second kappa shape index (κ2) is 7.53. The molecule has 3 N–H and O–H groups in total. The first-order valence-electron chi connectivity index (χ1n) is 8.11. The van der Waals surface area contributed by atoms with Crippen molar-refractivity contribution in [3.8, 4) is 0 Å². The maximum Gasteiger partial charge on any atom is 0.220 e. The van der Waals surface area contributed by atoms with Crippen molar-refractivity contribution in [1.29, 1.82) is 0 Å². The zero-order chi connectivity index (χ0) is 16.9. The summed E-state index contributed by atoms with van der Waals surface area (Å²) in [4.78, 5) is 18.6. The molecule has 1 saturated heterocycles. The highest BCUT2D eigenvalue weighted by Gasteiger charge is 2.25. The first-order valence-corrected chi connectivity index (χ1v) is 8.49. The number of nitrogens with one attached hydrogen (secondary N) is 1. The van der Waals surface area contributed by atoms with Gasteiger partial charge in [0.2, 0.25) is 5.91 Å². The molecule has 24 heavy (non-hydrogen) atoms. The fraction of sp³-hybridized carbons (Fsp3) is 0.333. The van der Waals surface area contributed by atoms with Gasteiger partial charge in [-0.3, -0.25) is 4.79 Å². The lowest BCUT2D eigenvalue weighted by Crippen LogP contribution is -2.37. The van der Waals surface area contributed by atoms with Crippen molar-refractivity contribution in [2.75, 3.05) is 23.7 Å². The quantitative estimate of drug-likeness (QED) is 0.818. The lowest BCUT2D eigenvalue weighted by atomic mass is 10.1. The van der Waals surface area contributed by atoms with Gasteiger partial charge < -0.3 is 16.0 Å². The highest BCUT2D eigenvalue weighted by atomic mass is 35.5. The van der Waals surface area contributed by atoms with E-state index in [9.17, 15) is 4.79 Å². The van der Waals surface area contributed by atoms with Gasteiger partial charge in [0.25, 0.3) is 0 Å². The number of para-hydroxylation sites is 1. The molecule has 0 bridgehead atoms. The van der Waals surface area contributed by atoms with Crippen LogP contribution < -0.4 is 16.0 Å². The molecule has 0 radical (unpaired) electrons. The Hall–Kier alpha value is -2.27. The summed E-state index contributed by atoms with van der Waals surface area (Å²) < 4.78 is 0. The number of rotatable bonds is 5. The standard InChI is InChI=1S/C18H21ClN4O/c19-15-5-3-10-21-18(15)23-11-9-14(12-23)22-17(24)8-7-13-4-1-2-6-16(13)20/h1-6,10,14H,7-9,11-12,20H2,(H,22,24). The van der Waals surface area contributed by atoms with Gasteiger partial charge in [0, 0.05) is 37.4 Å². The Balaban J connectivity index is 1.49. The molecule has 126 valence electrons. The molecule has 1 fully saturated rings. The summed E-state index contributed by atoms with van der Waals surface area (Å²) in [5, 5.41) is 3.74. The predicted octanol–water partition coefficient (Wildman–Crippen LogP) is 2.64. The van der Waals surface area contributed by atoms with Crippen LogP contribution in [0.1, 0.15) is 18.4 Å². The molecule has 3 rings (SSSR count). The number of nitrogen functional groups attached to an aromatic ring is 1. The average Bonchev–Trinajstić information content (AvgIpc) is 3.03. The predicted molar refractivity (Wildman–Crippen MR) is 97.2 cm³/mol. The Kier molecular flexibility index (Phi) is 5.20. The van der Waals surface area contributed by atoms with Crippen LogP contribution >= 0.6 is 11.6 Å². The van der Waals surface area contributed by atoms with Gasteiger partial charge in [0.1, 0.15) is 5.82 Å². The van der Waals surface area contributed by atoms with Crippen LogP contribution in [0.15, 0.2) is 42.6 Å². The molecule has 1 aliphatic rings. The molecule has 0 spiro atoms. The molecule has 0 aliphatic carbocycles. The second-order valence-corrected chi connectivity index (χ2v) is 6.41. The molecule has 2 heterocycles. The minimum Gasteiger partial charge on any atom is -0.399 e. The highest BCUT2D eigenvalue weighted by molar-refractivity contribution is 6.32. The van der Waals surface area contributed by atoms with E-state index in [-0.39, 0.29) is 11.9 Å². The molecule has 1 aromatic carbocycles. The van der Waals surface area contributed by atoms with Crippen LogP contribution in [0.2, 0.25) is 5.02 Å². The number of benzene rings is 1. The molecular formula is C18H21ClN4O. The Morgan fingerprint density at radius 3 is 2.96 bits per heavy atom. The lowest BCUT2D eigenvalue weighted by Gasteiger charge is -2.19. The van der Waals surface area contributed by atoms with Crippen LogP contribution in [0.5, 0.6) is 0 Å². The summed E-state index contributed by atoms with van der Waals surface area (Å²) in [6, 6.07) is 11.4. The molecule has 5 nitrogen and oxygen atoms in total. The van der Waals surface area contributed by atoms with Gasteiger partial charge in [0.05, 0.1) is 5.02 Å². The van der Waals surface area contributed by atoms with Crippen LogP contribution in [0.3, 0.4) is 0 Å². The summed E-state index contributed by atoms with van der Waals surface area (Å²) in [6.07, 6.45) is 3.72. The zero-order valence-corrected chi connectivity index (χ0v) is 14.2. The van der Waals surface area contributed by atoms with E-state index >= 15 is 0 Å². The van der Waals surface area contributed by atoms with Crippen molar-refractivity contribution in [3.63, 3.8) is 0 Å². The topological polar surface area (TPSA) is 71.2 Å². The number of nitrogens with two attached hydrogens (primary N) is 1. The van der Waals surface area contributed by atoms with Crippen molar-refractivity contribution >= 4 is 29.0 Å². The third kappa shape index (κ3) is 3.97. The fourth-order valence-electron chi connectivity index (χ4n) is 2.99. The van der Waals surface area contributed by atoms with Gasteiger partial charge in [-0.05, 0) is 36.6 Å². The Morgan fingerprint density at radius 2 is 2.17 bits per heavy atom. The first-order chi connectivity index (χ1) is 11.6. The number of carbonyl (C=O) groups excluding carboxylic acids is 1. The van der Waals surface area contributed by atoms with E-state index in [1.54, 1.807) is 6.20 Å². The number of hydrogen-bond donors (Lipinski definition) is 2. The monoisotopic (exact) mass is 344 g/mol. The van der Waals surface area contributed by atoms with E-state index in [1.807, 2.05) is 36.4 Å². The minimum absolute atomic E-state index is 0.0530. The summed E-state index contributed by atoms with van der Waals surface area (Å²) in [7, 11) is 0. The average molecular weight is 345 g/mol. The van der Waals surface area contributed by atoms with E-state index in [1.165, 1.54) is 0 Å². The van der Waals surface area contributed by atoms with E-state index < -0.39 is 0 Å². The van der Waals surface area contributed by atoms with Crippen molar-refractivity contribution in [1.82, 2.24) is 10.3 Å². The molecule has 1 aliphatic heterocycles. The second-order valence-electron chi connectivity index (χ2n) is 6.01. The Bertz CT molecular complexity index is 722. The Morgan fingerprint density at radius 1 is 1.33 bits per heavy atom. The summed E-state index contributed by atoms with van der Waals surface area (Å²) >= 11 is 6.19. The number of pyridine rings is 1. The fourth-order valence-corrected chi connectivity index (χ4v) is 3.23. The molecule has 2 aromatic rings. The third-order valence-corrected chi connectivity index (χ3v) is 4.56. The number of nitrogens with zero attached hydrogens (tertiary/aromatic N) is 2. The Labute approximate surface area is 146 Å². The molecule has 0 saturated carbocycles. The van der Waals surface area contributed by atoms with E-state index in [4.69, 9.17) is 17.3 Å².